The van der Waals surface area contributed by atoms with Gasteiger partial charge in [0.1, 0.15) is 9.71 Å². The van der Waals surface area contributed by atoms with Gasteiger partial charge >= 0.3 is 12.1 Å². The topological polar surface area (TPSA) is 59.5 Å². The molecule has 1 fully saturated rings. The molecule has 1 aromatic carbocycles. The molecule has 1 amide bonds. The number of alkyl halides is 3. The average Bonchev–Trinajstić information content (AvgIpc) is 3.56. The highest BCUT2D eigenvalue weighted by Crippen LogP contribution is 2.42. The van der Waals surface area contributed by atoms with E-state index in [1.54, 1.807) is 22.4 Å². The number of amides is 1. The fourth-order valence-electron chi connectivity index (χ4n) is 4.83. The van der Waals surface area contributed by atoms with Crippen LogP contribution in [0.25, 0.3) is 20.8 Å². The number of aromatic nitrogens is 1. The molecule has 38 heavy (non-hydrogen) atoms. The van der Waals surface area contributed by atoms with Crippen LogP contribution in [0.5, 0.6) is 0 Å². The zero-order valence-corrected chi connectivity index (χ0v) is 22.2. The second kappa shape index (κ2) is 10.9. The lowest BCUT2D eigenvalue weighted by Gasteiger charge is -2.32. The molecule has 0 saturated carbocycles. The van der Waals surface area contributed by atoms with Gasteiger partial charge in [-0.1, -0.05) is 36.4 Å². The molecule has 1 aliphatic heterocycles. The molecule has 1 saturated heterocycles. The molecule has 4 heterocycles. The van der Waals surface area contributed by atoms with Crippen molar-refractivity contribution < 1.29 is 27.5 Å². The van der Waals surface area contributed by atoms with E-state index in [2.05, 4.69) is 17.1 Å². The third kappa shape index (κ3) is 5.61. The molecule has 0 radical (unpaired) electrons. The highest BCUT2D eigenvalue weighted by molar-refractivity contribution is 7.20. The molecule has 4 aromatic rings. The van der Waals surface area contributed by atoms with Crippen LogP contribution in [0.3, 0.4) is 0 Å². The molecule has 0 unspecified atom stereocenters. The van der Waals surface area contributed by atoms with E-state index in [9.17, 15) is 22.8 Å². The fourth-order valence-corrected chi connectivity index (χ4v) is 6.62. The maximum atomic E-state index is 14.0. The minimum Gasteiger partial charge on any atom is -0.451 e. The summed E-state index contributed by atoms with van der Waals surface area (Å²) in [6.07, 6.45) is -1.93. The van der Waals surface area contributed by atoms with Crippen LogP contribution in [0.1, 0.15) is 39.2 Å². The van der Waals surface area contributed by atoms with E-state index in [1.807, 2.05) is 18.2 Å². The number of thiophene rings is 2. The summed E-state index contributed by atoms with van der Waals surface area (Å²) in [5.74, 6) is -0.632. The van der Waals surface area contributed by atoms with Gasteiger partial charge in [0.25, 0.3) is 5.91 Å². The van der Waals surface area contributed by atoms with E-state index in [-0.39, 0.29) is 32.3 Å². The van der Waals surface area contributed by atoms with Gasteiger partial charge in [-0.3, -0.25) is 4.79 Å². The molecule has 0 bridgehead atoms. The Morgan fingerprint density at radius 2 is 1.84 bits per heavy atom. The van der Waals surface area contributed by atoms with Crippen LogP contribution in [0.4, 0.5) is 13.2 Å². The normalized spacial score (nSPS) is 14.7. The zero-order valence-electron chi connectivity index (χ0n) is 20.6. The minimum atomic E-state index is -4.62. The number of benzene rings is 1. The number of pyridine rings is 1. The molecule has 0 atom stereocenters. The fraction of sp³-hybridized carbons (Fsp3) is 0.321. The van der Waals surface area contributed by atoms with E-state index in [4.69, 9.17) is 4.74 Å². The van der Waals surface area contributed by atoms with Crippen LogP contribution in [0, 0.1) is 12.8 Å². The van der Waals surface area contributed by atoms with E-state index in [0.717, 1.165) is 36.7 Å². The Balaban J connectivity index is 1.26. The first kappa shape index (κ1) is 26.4. The predicted molar refractivity (Wildman–Crippen MR) is 142 cm³/mol. The summed E-state index contributed by atoms with van der Waals surface area (Å²) in [5.41, 5.74) is 0.789. The van der Waals surface area contributed by atoms with Gasteiger partial charge in [-0.15, -0.1) is 22.7 Å². The Morgan fingerprint density at radius 3 is 2.50 bits per heavy atom. The number of carbonyl (C=O) groups is 2. The van der Waals surface area contributed by atoms with E-state index in [1.165, 1.54) is 23.8 Å². The van der Waals surface area contributed by atoms with Gasteiger partial charge in [0, 0.05) is 18.5 Å². The summed E-state index contributed by atoms with van der Waals surface area (Å²) in [6.45, 7) is 2.17. The summed E-state index contributed by atoms with van der Waals surface area (Å²) in [4.78, 5) is 32.4. The van der Waals surface area contributed by atoms with Crippen molar-refractivity contribution in [1.82, 2.24) is 9.88 Å². The van der Waals surface area contributed by atoms with Crippen LogP contribution in [-0.2, 0) is 22.1 Å². The highest BCUT2D eigenvalue weighted by atomic mass is 32.1. The second-order valence-corrected chi connectivity index (χ2v) is 11.3. The second-order valence-electron chi connectivity index (χ2n) is 9.36. The number of carbonyl (C=O) groups excluding carboxylic acids is 2. The maximum Gasteiger partial charge on any atom is 0.417 e. The number of fused-ring (bicyclic) bond motifs is 1. The van der Waals surface area contributed by atoms with Crippen LogP contribution >= 0.6 is 22.7 Å². The Morgan fingerprint density at radius 1 is 1.11 bits per heavy atom. The number of likely N-dealkylation sites (tertiary alicyclic amines) is 1. The molecule has 0 aliphatic carbocycles. The predicted octanol–water partition coefficient (Wildman–Crippen LogP) is 6.99. The van der Waals surface area contributed by atoms with Gasteiger partial charge in [-0.25, -0.2) is 9.78 Å². The number of halogens is 3. The van der Waals surface area contributed by atoms with Crippen molar-refractivity contribution in [3.05, 3.63) is 75.5 Å². The number of esters is 1. The number of ether oxygens (including phenoxy) is 1. The summed E-state index contributed by atoms with van der Waals surface area (Å²) in [6, 6.07) is 14.7. The van der Waals surface area contributed by atoms with Gasteiger partial charge in [-0.2, -0.15) is 13.2 Å². The molecule has 5 nitrogen and oxygen atoms in total. The molecule has 0 N–H and O–H groups in total. The SMILES string of the molecule is Cc1c(C(=O)OCC(=O)N2CCC(Cc3ccccc3)CC2)sc2nc(-c3cccs3)cc(C(F)(F)F)c12. The Kier molecular flexibility index (Phi) is 7.54. The van der Waals surface area contributed by atoms with Gasteiger partial charge in [0.2, 0.25) is 0 Å². The molecule has 5 rings (SSSR count). The highest BCUT2D eigenvalue weighted by Gasteiger charge is 2.36. The van der Waals surface area contributed by atoms with Crippen molar-refractivity contribution in [2.75, 3.05) is 19.7 Å². The molecule has 10 heteroatoms. The van der Waals surface area contributed by atoms with Crippen LogP contribution in [-0.4, -0.2) is 41.5 Å². The smallest absolute Gasteiger partial charge is 0.417 e. The Labute approximate surface area is 225 Å². The summed E-state index contributed by atoms with van der Waals surface area (Å²) >= 11 is 2.14. The standard InChI is InChI=1S/C28H25F3N2O3S2/c1-17-24-20(28(29,30)31)15-21(22-8-5-13-37-22)32-26(24)38-25(17)27(35)36-16-23(34)33-11-9-19(10-12-33)14-18-6-3-2-4-7-18/h2-8,13,15,19H,9-12,14,16H2,1H3. The van der Waals surface area contributed by atoms with Crippen molar-refractivity contribution in [3.8, 4) is 10.6 Å². The van der Waals surface area contributed by atoms with E-state index >= 15 is 0 Å². The van der Waals surface area contributed by atoms with Crippen molar-refractivity contribution in [2.24, 2.45) is 5.92 Å². The van der Waals surface area contributed by atoms with Gasteiger partial charge < -0.3 is 9.64 Å². The summed E-state index contributed by atoms with van der Waals surface area (Å²) in [7, 11) is 0. The first-order chi connectivity index (χ1) is 18.2. The lowest BCUT2D eigenvalue weighted by molar-refractivity contribution is -0.136. The van der Waals surface area contributed by atoms with Gasteiger partial charge in [-0.05, 0) is 60.7 Å². The molecular formula is C28H25F3N2O3S2. The monoisotopic (exact) mass is 558 g/mol. The largest absolute Gasteiger partial charge is 0.451 e. The first-order valence-corrected chi connectivity index (χ1v) is 13.9. The van der Waals surface area contributed by atoms with Crippen LogP contribution < -0.4 is 0 Å². The Bertz CT molecular complexity index is 1440. The van der Waals surface area contributed by atoms with Crippen molar-refractivity contribution in [2.45, 2.75) is 32.4 Å². The first-order valence-electron chi connectivity index (χ1n) is 12.2. The summed E-state index contributed by atoms with van der Waals surface area (Å²) < 4.78 is 47.1. The number of hydrogen-bond donors (Lipinski definition) is 0. The molecule has 1 aliphatic rings. The molecule has 3 aromatic heterocycles. The van der Waals surface area contributed by atoms with Crippen molar-refractivity contribution in [3.63, 3.8) is 0 Å². The summed E-state index contributed by atoms with van der Waals surface area (Å²) in [5, 5.41) is 1.65. The quantitative estimate of drug-likeness (QED) is 0.239. The lowest BCUT2D eigenvalue weighted by Crippen LogP contribution is -2.41. The minimum absolute atomic E-state index is 0.0238. The van der Waals surface area contributed by atoms with E-state index < -0.39 is 24.3 Å². The van der Waals surface area contributed by atoms with Gasteiger partial charge in [0.15, 0.2) is 6.61 Å². The third-order valence-corrected chi connectivity index (χ3v) is 8.88. The average molecular weight is 559 g/mol. The number of aryl methyl sites for hydroxylation is 1. The molecule has 198 valence electrons. The Hall–Kier alpha value is -3.24. The van der Waals surface area contributed by atoms with Crippen molar-refractivity contribution in [1.29, 1.82) is 0 Å². The maximum absolute atomic E-state index is 14.0. The van der Waals surface area contributed by atoms with Gasteiger partial charge in [0.05, 0.1) is 16.1 Å². The van der Waals surface area contributed by atoms with Crippen molar-refractivity contribution >= 4 is 44.8 Å². The number of rotatable bonds is 6. The lowest BCUT2D eigenvalue weighted by atomic mass is 9.90. The molecular weight excluding hydrogens is 533 g/mol. The third-order valence-electron chi connectivity index (χ3n) is 6.83. The molecule has 0 spiro atoms. The van der Waals surface area contributed by atoms with Crippen LogP contribution in [0.15, 0.2) is 53.9 Å². The number of piperidine rings is 1. The number of nitrogens with zero attached hydrogens (tertiary/aromatic N) is 2. The van der Waals surface area contributed by atoms with E-state index in [0.29, 0.717) is 23.9 Å². The van der Waals surface area contributed by atoms with Crippen LogP contribution in [0.2, 0.25) is 0 Å². The number of hydrogen-bond acceptors (Lipinski definition) is 6. The zero-order chi connectivity index (χ0) is 26.9.